The van der Waals surface area contributed by atoms with Crippen molar-refractivity contribution in [2.75, 3.05) is 16.8 Å². The topological polar surface area (TPSA) is 42.0 Å². The molecule has 0 spiro atoms. The molecule has 0 bridgehead atoms. The lowest BCUT2D eigenvalue weighted by molar-refractivity contribution is -0.137. The van der Waals surface area contributed by atoms with E-state index in [1.54, 1.807) is 0 Å². The van der Waals surface area contributed by atoms with Crippen LogP contribution in [0.15, 0.2) is 12.3 Å². The molecule has 2 heterocycles. The third kappa shape index (κ3) is 3.82. The van der Waals surface area contributed by atoms with Gasteiger partial charge < -0.3 is 5.32 Å². The van der Waals surface area contributed by atoms with E-state index < -0.39 is 22.5 Å². The number of rotatable bonds is 2. The normalized spacial score (nSPS) is 24.2. The Bertz CT molecular complexity index is 485. The molecule has 1 N–H and O–H groups in total. The molecule has 1 aromatic rings. The number of hydrogen-bond acceptors (Lipinski definition) is 3. The zero-order valence-electron chi connectivity index (χ0n) is 9.84. The van der Waals surface area contributed by atoms with E-state index in [1.165, 1.54) is 0 Å². The highest BCUT2D eigenvalue weighted by Crippen LogP contribution is 2.32. The molecule has 0 saturated carbocycles. The van der Waals surface area contributed by atoms with E-state index in [4.69, 9.17) is 11.6 Å². The molecule has 1 aliphatic heterocycles. The van der Waals surface area contributed by atoms with E-state index in [0.717, 1.165) is 12.3 Å². The fourth-order valence-corrected chi connectivity index (χ4v) is 3.35. The van der Waals surface area contributed by atoms with Crippen LogP contribution in [0, 0.1) is 0 Å². The first-order chi connectivity index (χ1) is 8.86. The highest BCUT2D eigenvalue weighted by molar-refractivity contribution is 7.85. The Balaban J connectivity index is 2.07. The number of nitrogens with one attached hydrogen (secondary N) is 1. The number of aromatic nitrogens is 1. The summed E-state index contributed by atoms with van der Waals surface area (Å²) in [5.74, 6) is 1.43. The van der Waals surface area contributed by atoms with Gasteiger partial charge in [-0.2, -0.15) is 13.2 Å². The Morgan fingerprint density at radius 3 is 2.53 bits per heavy atom. The molecule has 1 saturated heterocycles. The van der Waals surface area contributed by atoms with Crippen LogP contribution in [0.25, 0.3) is 0 Å². The maximum atomic E-state index is 12.4. The van der Waals surface area contributed by atoms with Crippen LogP contribution in [0.3, 0.4) is 0 Å². The Morgan fingerprint density at radius 2 is 2.00 bits per heavy atom. The number of pyridine rings is 1. The summed E-state index contributed by atoms with van der Waals surface area (Å²) in [6.45, 7) is 0. The van der Waals surface area contributed by atoms with Crippen LogP contribution in [0.2, 0.25) is 5.02 Å². The number of nitrogens with zero attached hydrogens (tertiary/aromatic N) is 1. The van der Waals surface area contributed by atoms with Gasteiger partial charge in [0, 0.05) is 34.5 Å². The van der Waals surface area contributed by atoms with Crippen molar-refractivity contribution in [2.24, 2.45) is 0 Å². The van der Waals surface area contributed by atoms with Crippen molar-refractivity contribution in [1.82, 2.24) is 4.98 Å². The SMILES string of the molecule is O=S1CCC(Nc2ncc(C(F)(F)F)cc2Cl)CC1. The summed E-state index contributed by atoms with van der Waals surface area (Å²) < 4.78 is 48.5. The molecule has 2 rings (SSSR count). The molecule has 8 heteroatoms. The average Bonchev–Trinajstić information content (AvgIpc) is 2.33. The first-order valence-corrected chi connectivity index (χ1v) is 7.57. The number of anilines is 1. The van der Waals surface area contributed by atoms with Crippen LogP contribution in [-0.4, -0.2) is 26.7 Å². The van der Waals surface area contributed by atoms with Gasteiger partial charge >= 0.3 is 6.18 Å². The zero-order chi connectivity index (χ0) is 14.0. The molecule has 0 aromatic carbocycles. The molecular weight excluding hydrogens is 301 g/mol. The highest BCUT2D eigenvalue weighted by atomic mass is 35.5. The number of alkyl halides is 3. The first-order valence-electron chi connectivity index (χ1n) is 5.70. The van der Waals surface area contributed by atoms with Crippen molar-refractivity contribution in [3.8, 4) is 0 Å². The zero-order valence-corrected chi connectivity index (χ0v) is 11.4. The predicted octanol–water partition coefficient (Wildman–Crippen LogP) is 3.08. The lowest BCUT2D eigenvalue weighted by Gasteiger charge is -2.23. The van der Waals surface area contributed by atoms with Crippen LogP contribution in [0.5, 0.6) is 0 Å². The largest absolute Gasteiger partial charge is 0.417 e. The quantitative estimate of drug-likeness (QED) is 0.912. The molecule has 1 fully saturated rings. The van der Waals surface area contributed by atoms with Gasteiger partial charge in [-0.25, -0.2) is 4.98 Å². The predicted molar refractivity (Wildman–Crippen MR) is 68.8 cm³/mol. The van der Waals surface area contributed by atoms with Gasteiger partial charge in [0.25, 0.3) is 0 Å². The minimum atomic E-state index is -4.45. The van der Waals surface area contributed by atoms with Crippen LogP contribution in [0.4, 0.5) is 19.0 Å². The third-order valence-electron chi connectivity index (χ3n) is 2.90. The molecule has 0 radical (unpaired) electrons. The van der Waals surface area contributed by atoms with Gasteiger partial charge in [0.15, 0.2) is 0 Å². The first kappa shape index (κ1) is 14.6. The Labute approximate surface area is 116 Å². The second-order valence-corrected chi connectivity index (χ2v) is 6.42. The molecule has 1 aromatic heterocycles. The molecule has 1 aliphatic rings. The number of hydrogen-bond donors (Lipinski definition) is 1. The Morgan fingerprint density at radius 1 is 1.37 bits per heavy atom. The molecule has 0 amide bonds. The summed E-state index contributed by atoms with van der Waals surface area (Å²) in [5, 5.41) is 2.95. The Hall–Kier alpha value is -0.820. The second-order valence-electron chi connectivity index (χ2n) is 4.32. The summed E-state index contributed by atoms with van der Waals surface area (Å²) >= 11 is 5.80. The van der Waals surface area contributed by atoms with Crippen LogP contribution in [0.1, 0.15) is 18.4 Å². The van der Waals surface area contributed by atoms with Crippen molar-refractivity contribution in [3.63, 3.8) is 0 Å². The molecular formula is C11H12ClF3N2OS. The van der Waals surface area contributed by atoms with E-state index in [1.807, 2.05) is 0 Å². The van der Waals surface area contributed by atoms with Gasteiger partial charge in [0.1, 0.15) is 5.82 Å². The van der Waals surface area contributed by atoms with Crippen molar-refractivity contribution in [3.05, 3.63) is 22.8 Å². The van der Waals surface area contributed by atoms with E-state index in [9.17, 15) is 17.4 Å². The van der Waals surface area contributed by atoms with E-state index in [-0.39, 0.29) is 16.9 Å². The summed E-state index contributed by atoms with van der Waals surface area (Å²) in [4.78, 5) is 3.72. The molecule has 0 atom stereocenters. The molecule has 0 aliphatic carbocycles. The highest BCUT2D eigenvalue weighted by Gasteiger charge is 2.31. The summed E-state index contributed by atoms with van der Waals surface area (Å²) in [6.07, 6.45) is -2.29. The van der Waals surface area contributed by atoms with Crippen LogP contribution < -0.4 is 5.32 Å². The fourth-order valence-electron chi connectivity index (χ4n) is 1.83. The van der Waals surface area contributed by atoms with Crippen molar-refractivity contribution in [2.45, 2.75) is 25.1 Å². The summed E-state index contributed by atoms with van der Waals surface area (Å²) in [5.41, 5.74) is -0.868. The monoisotopic (exact) mass is 312 g/mol. The molecule has 106 valence electrons. The van der Waals surface area contributed by atoms with Crippen molar-refractivity contribution >= 4 is 28.2 Å². The molecule has 3 nitrogen and oxygen atoms in total. The van der Waals surface area contributed by atoms with Crippen molar-refractivity contribution in [1.29, 1.82) is 0 Å². The maximum Gasteiger partial charge on any atom is 0.417 e. The third-order valence-corrected chi connectivity index (χ3v) is 4.57. The standard InChI is InChI=1S/C11H12ClF3N2OS/c12-9-5-7(11(13,14)15)6-16-10(9)17-8-1-3-19(18)4-2-8/h5-6,8H,1-4H2,(H,16,17). The smallest absolute Gasteiger partial charge is 0.366 e. The van der Waals surface area contributed by atoms with Gasteiger partial charge in [0.05, 0.1) is 10.6 Å². The summed E-state index contributed by atoms with van der Waals surface area (Å²) in [7, 11) is -0.782. The van der Waals surface area contributed by atoms with E-state index >= 15 is 0 Å². The molecule has 0 unspecified atom stereocenters. The minimum absolute atomic E-state index is 0.0541. The Kier molecular flexibility index (Phi) is 4.35. The van der Waals surface area contributed by atoms with Crippen LogP contribution in [-0.2, 0) is 17.0 Å². The van der Waals surface area contributed by atoms with E-state index in [2.05, 4.69) is 10.3 Å². The lowest BCUT2D eigenvalue weighted by Crippen LogP contribution is -2.29. The average molecular weight is 313 g/mol. The van der Waals surface area contributed by atoms with Gasteiger partial charge in [-0.3, -0.25) is 4.21 Å². The second kappa shape index (κ2) is 5.66. The minimum Gasteiger partial charge on any atom is -0.366 e. The van der Waals surface area contributed by atoms with Gasteiger partial charge in [0.2, 0.25) is 0 Å². The van der Waals surface area contributed by atoms with E-state index in [0.29, 0.717) is 24.3 Å². The van der Waals surface area contributed by atoms with Crippen molar-refractivity contribution < 1.29 is 17.4 Å². The van der Waals surface area contributed by atoms with Gasteiger partial charge in [-0.1, -0.05) is 11.6 Å². The van der Waals surface area contributed by atoms with Gasteiger partial charge in [-0.15, -0.1) is 0 Å². The maximum absolute atomic E-state index is 12.4. The summed E-state index contributed by atoms with van der Waals surface area (Å²) in [6, 6.07) is 0.914. The van der Waals surface area contributed by atoms with Gasteiger partial charge in [-0.05, 0) is 18.9 Å². The number of halogens is 4. The fraction of sp³-hybridized carbons (Fsp3) is 0.545. The molecule has 19 heavy (non-hydrogen) atoms. The van der Waals surface area contributed by atoms with Crippen LogP contribution >= 0.6 is 11.6 Å². The lowest BCUT2D eigenvalue weighted by atomic mass is 10.1.